The van der Waals surface area contributed by atoms with E-state index in [1.54, 1.807) is 0 Å². The number of hydrogen-bond donors (Lipinski definition) is 2. The molecule has 1 aromatic heterocycles. The van der Waals surface area contributed by atoms with Gasteiger partial charge in [0.1, 0.15) is 6.04 Å². The van der Waals surface area contributed by atoms with Crippen LogP contribution in [0.25, 0.3) is 0 Å². The Labute approximate surface area is 103 Å². The van der Waals surface area contributed by atoms with Crippen LogP contribution in [0.5, 0.6) is 0 Å². The van der Waals surface area contributed by atoms with Gasteiger partial charge in [-0.25, -0.2) is 8.78 Å². The summed E-state index contributed by atoms with van der Waals surface area (Å²) >= 11 is 0. The Morgan fingerprint density at radius 3 is 2.89 bits per heavy atom. The summed E-state index contributed by atoms with van der Waals surface area (Å²) in [6, 6.07) is -0.782. The summed E-state index contributed by atoms with van der Waals surface area (Å²) < 4.78 is 31.5. The zero-order valence-electron chi connectivity index (χ0n) is 10.1. The average Bonchev–Trinajstić information content (AvgIpc) is 2.75. The minimum Gasteiger partial charge on any atom is -0.391 e. The largest absolute Gasteiger partial charge is 0.391 e. The summed E-state index contributed by atoms with van der Waals surface area (Å²) in [5.74, 6) is -2.70. The van der Waals surface area contributed by atoms with Crippen LogP contribution in [0.2, 0.25) is 0 Å². The molecule has 0 aromatic carbocycles. The third-order valence-electron chi connectivity index (χ3n) is 3.27. The van der Waals surface area contributed by atoms with Crippen molar-refractivity contribution >= 4 is 0 Å². The number of nitrogens with zero attached hydrogens (tertiary/aromatic N) is 2. The van der Waals surface area contributed by atoms with Crippen LogP contribution in [0.15, 0.2) is 4.52 Å². The average molecular weight is 261 g/mol. The number of aliphatic hydroxyl groups is 1. The quantitative estimate of drug-likeness (QED) is 0.865. The van der Waals surface area contributed by atoms with Gasteiger partial charge in [0.05, 0.1) is 6.10 Å². The smallest absolute Gasteiger partial charge is 0.248 e. The Morgan fingerprint density at radius 1 is 1.56 bits per heavy atom. The van der Waals surface area contributed by atoms with Gasteiger partial charge in [-0.15, -0.1) is 0 Å². The fourth-order valence-electron chi connectivity index (χ4n) is 2.15. The van der Waals surface area contributed by atoms with Crippen molar-refractivity contribution in [1.29, 1.82) is 0 Å². The van der Waals surface area contributed by atoms with Crippen LogP contribution < -0.4 is 5.73 Å². The zero-order chi connectivity index (χ0) is 13.3. The normalized spacial score (nSPS) is 26.8. The Hall–Kier alpha value is -1.08. The Bertz CT molecular complexity index is 409. The summed E-state index contributed by atoms with van der Waals surface area (Å²) in [6.45, 7) is 1.50. The van der Waals surface area contributed by atoms with Gasteiger partial charge in [-0.2, -0.15) is 4.98 Å². The first kappa shape index (κ1) is 13.4. The van der Waals surface area contributed by atoms with Crippen molar-refractivity contribution in [3.63, 3.8) is 0 Å². The van der Waals surface area contributed by atoms with Crippen molar-refractivity contribution in [2.75, 3.05) is 0 Å². The van der Waals surface area contributed by atoms with Crippen LogP contribution in [-0.2, 0) is 0 Å². The molecule has 0 bridgehead atoms. The van der Waals surface area contributed by atoms with Gasteiger partial charge in [-0.1, -0.05) is 5.16 Å². The van der Waals surface area contributed by atoms with Crippen molar-refractivity contribution < 1.29 is 18.4 Å². The van der Waals surface area contributed by atoms with Gasteiger partial charge in [0.2, 0.25) is 11.8 Å². The first-order chi connectivity index (χ1) is 8.39. The second-order valence-corrected chi connectivity index (χ2v) is 4.91. The van der Waals surface area contributed by atoms with Crippen LogP contribution in [0.3, 0.4) is 0 Å². The van der Waals surface area contributed by atoms with Crippen molar-refractivity contribution in [3.05, 3.63) is 11.7 Å². The first-order valence-corrected chi connectivity index (χ1v) is 6.04. The lowest BCUT2D eigenvalue weighted by atomic mass is 9.86. The van der Waals surface area contributed by atoms with Crippen molar-refractivity contribution in [3.8, 4) is 0 Å². The number of nitrogens with two attached hydrogens (primary N) is 1. The molecule has 102 valence electrons. The molecular formula is C11H17F2N3O2. The van der Waals surface area contributed by atoms with Crippen LogP contribution in [0.4, 0.5) is 8.78 Å². The van der Waals surface area contributed by atoms with Crippen LogP contribution in [0, 0.1) is 0 Å². The van der Waals surface area contributed by atoms with Crippen molar-refractivity contribution in [2.24, 2.45) is 5.73 Å². The molecule has 1 unspecified atom stereocenters. The molecule has 3 N–H and O–H groups in total. The molecule has 0 aliphatic heterocycles. The monoisotopic (exact) mass is 261 g/mol. The van der Waals surface area contributed by atoms with Gasteiger partial charge in [0.25, 0.3) is 0 Å². The molecule has 18 heavy (non-hydrogen) atoms. The van der Waals surface area contributed by atoms with E-state index in [9.17, 15) is 13.9 Å². The van der Waals surface area contributed by atoms with Gasteiger partial charge >= 0.3 is 0 Å². The number of alkyl halides is 2. The molecule has 1 saturated carbocycles. The molecular weight excluding hydrogens is 244 g/mol. The van der Waals surface area contributed by atoms with E-state index in [1.165, 1.54) is 6.92 Å². The van der Waals surface area contributed by atoms with E-state index in [1.807, 2.05) is 0 Å². The Morgan fingerprint density at radius 2 is 2.28 bits per heavy atom. The van der Waals surface area contributed by atoms with E-state index in [0.29, 0.717) is 12.8 Å². The number of aliphatic hydroxyl groups excluding tert-OH is 1. The predicted molar refractivity (Wildman–Crippen MR) is 59.1 cm³/mol. The van der Waals surface area contributed by atoms with Gasteiger partial charge in [0, 0.05) is 18.8 Å². The fraction of sp³-hybridized carbons (Fsp3) is 0.818. The highest BCUT2D eigenvalue weighted by Crippen LogP contribution is 2.40. The van der Waals surface area contributed by atoms with Gasteiger partial charge in [-0.3, -0.25) is 0 Å². The lowest BCUT2D eigenvalue weighted by Gasteiger charge is -2.26. The highest BCUT2D eigenvalue weighted by Gasteiger charge is 2.38. The molecule has 2 rings (SSSR count). The van der Waals surface area contributed by atoms with E-state index in [4.69, 9.17) is 10.3 Å². The summed E-state index contributed by atoms with van der Waals surface area (Å²) in [4.78, 5) is 4.02. The number of hydrogen-bond acceptors (Lipinski definition) is 5. The highest BCUT2D eigenvalue weighted by atomic mass is 19.3. The molecule has 1 aliphatic carbocycles. The van der Waals surface area contributed by atoms with Gasteiger partial charge in [0.15, 0.2) is 5.82 Å². The fourth-order valence-corrected chi connectivity index (χ4v) is 2.15. The zero-order valence-corrected chi connectivity index (χ0v) is 10.1. The molecule has 1 fully saturated rings. The Balaban J connectivity index is 2.10. The van der Waals surface area contributed by atoms with Crippen molar-refractivity contribution in [2.45, 2.75) is 56.6 Å². The summed E-state index contributed by atoms with van der Waals surface area (Å²) in [7, 11) is 0. The predicted octanol–water partition coefficient (Wildman–Crippen LogP) is 1.74. The molecule has 1 aromatic rings. The number of halogens is 2. The second-order valence-electron chi connectivity index (χ2n) is 4.91. The van der Waals surface area contributed by atoms with Crippen LogP contribution in [-0.4, -0.2) is 27.3 Å². The van der Waals surface area contributed by atoms with E-state index in [2.05, 4.69) is 10.1 Å². The maximum absolute atomic E-state index is 13.3. The molecule has 0 saturated heterocycles. The van der Waals surface area contributed by atoms with Crippen molar-refractivity contribution in [1.82, 2.24) is 10.1 Å². The van der Waals surface area contributed by atoms with Crippen LogP contribution in [0.1, 0.15) is 56.3 Å². The van der Waals surface area contributed by atoms with E-state index >= 15 is 0 Å². The topological polar surface area (TPSA) is 85.2 Å². The molecule has 3 atom stereocenters. The SMILES string of the molecule is C[C@@H](O)[C@H](N)c1nc(C2CCCC(F)(F)C2)no1. The minimum atomic E-state index is -2.66. The first-order valence-electron chi connectivity index (χ1n) is 6.04. The maximum Gasteiger partial charge on any atom is 0.248 e. The van der Waals surface area contributed by atoms with E-state index < -0.39 is 24.0 Å². The maximum atomic E-state index is 13.3. The summed E-state index contributed by atoms with van der Waals surface area (Å²) in [6.07, 6.45) is -0.0918. The third-order valence-corrected chi connectivity index (χ3v) is 3.27. The molecule has 5 nitrogen and oxygen atoms in total. The molecule has 1 aliphatic rings. The molecule has 0 spiro atoms. The molecule has 0 radical (unpaired) electrons. The lowest BCUT2D eigenvalue weighted by Crippen LogP contribution is -2.26. The van der Waals surface area contributed by atoms with Crippen LogP contribution >= 0.6 is 0 Å². The molecule has 7 heteroatoms. The molecule has 1 heterocycles. The van der Waals surface area contributed by atoms with E-state index in [-0.39, 0.29) is 24.6 Å². The number of rotatable bonds is 3. The highest BCUT2D eigenvalue weighted by molar-refractivity contribution is 5.02. The Kier molecular flexibility index (Phi) is 3.63. The van der Waals surface area contributed by atoms with E-state index in [0.717, 1.165) is 0 Å². The third kappa shape index (κ3) is 2.84. The minimum absolute atomic E-state index is 0.0819. The lowest BCUT2D eigenvalue weighted by molar-refractivity contribution is -0.0418. The number of aromatic nitrogens is 2. The molecule has 0 amide bonds. The summed E-state index contributed by atoms with van der Waals surface area (Å²) in [5, 5.41) is 13.0. The second kappa shape index (κ2) is 4.89. The van der Waals surface area contributed by atoms with Gasteiger partial charge < -0.3 is 15.4 Å². The standard InChI is InChI=1S/C11H17F2N3O2/c1-6(17)8(14)10-15-9(16-18-10)7-3-2-4-11(12,13)5-7/h6-8,17H,2-5,14H2,1H3/t6-,7?,8+/m1/s1. The summed E-state index contributed by atoms with van der Waals surface area (Å²) in [5.41, 5.74) is 5.64. The van der Waals surface area contributed by atoms with Gasteiger partial charge in [-0.05, 0) is 19.8 Å².